The summed E-state index contributed by atoms with van der Waals surface area (Å²) in [5.74, 6) is 5.59. The van der Waals surface area contributed by atoms with E-state index in [2.05, 4.69) is 11.8 Å². The molecule has 0 aliphatic rings. The Bertz CT molecular complexity index is 384. The predicted octanol–water partition coefficient (Wildman–Crippen LogP) is 1.97. The fourth-order valence-electron chi connectivity index (χ4n) is 0.987. The zero-order valence-corrected chi connectivity index (χ0v) is 7.33. The highest BCUT2D eigenvalue weighted by atomic mass is 16.3. The largest absolute Gasteiger partial charge is 0.507 e. The van der Waals surface area contributed by atoms with Crippen LogP contribution < -0.4 is 0 Å². The fourth-order valence-corrected chi connectivity index (χ4v) is 0.987. The number of nitriles is 1. The number of rotatable bonds is 0. The Balaban J connectivity index is 3.03. The lowest BCUT2D eigenvalue weighted by Crippen LogP contribution is -1.81. The zero-order chi connectivity index (χ0) is 9.68. The van der Waals surface area contributed by atoms with Crippen LogP contribution in [0.25, 0.3) is 0 Å². The molecule has 0 aliphatic heterocycles. The van der Waals surface area contributed by atoms with Crippen LogP contribution >= 0.6 is 0 Å². The number of benzene rings is 1. The highest BCUT2D eigenvalue weighted by molar-refractivity contribution is 5.50. The third-order valence-corrected chi connectivity index (χ3v) is 1.63. The summed E-state index contributed by atoms with van der Waals surface area (Å²) in [6.45, 7) is 1.87. The number of nitrogens with zero attached hydrogens (tertiary/aromatic N) is 1. The van der Waals surface area contributed by atoms with Crippen LogP contribution in [-0.4, -0.2) is 5.11 Å². The lowest BCUT2D eigenvalue weighted by atomic mass is 10.1. The van der Waals surface area contributed by atoms with Gasteiger partial charge in [-0.25, -0.2) is 0 Å². The topological polar surface area (TPSA) is 44.0 Å². The molecular weight excluding hydrogens is 162 g/mol. The van der Waals surface area contributed by atoms with Crippen LogP contribution in [0.2, 0.25) is 0 Å². The van der Waals surface area contributed by atoms with E-state index < -0.39 is 0 Å². The van der Waals surface area contributed by atoms with Crippen LogP contribution in [0.5, 0.6) is 5.75 Å². The molecule has 0 aliphatic carbocycles. The molecule has 0 fully saturated rings. The third kappa shape index (κ3) is 2.25. The van der Waals surface area contributed by atoms with Gasteiger partial charge in [-0.1, -0.05) is 24.0 Å². The van der Waals surface area contributed by atoms with E-state index in [4.69, 9.17) is 5.26 Å². The summed E-state index contributed by atoms with van der Waals surface area (Å²) < 4.78 is 0. The summed E-state index contributed by atoms with van der Waals surface area (Å²) in [4.78, 5) is 0. The Hall–Kier alpha value is -1.93. The second kappa shape index (κ2) is 4.18. The van der Waals surface area contributed by atoms with Crippen LogP contribution in [0, 0.1) is 30.1 Å². The van der Waals surface area contributed by atoms with Crippen LogP contribution in [0.4, 0.5) is 0 Å². The maximum Gasteiger partial charge on any atom is 0.131 e. The molecule has 1 N–H and O–H groups in total. The van der Waals surface area contributed by atoms with Gasteiger partial charge in [0.05, 0.1) is 18.1 Å². The smallest absolute Gasteiger partial charge is 0.131 e. The normalized spacial score (nSPS) is 8.31. The van der Waals surface area contributed by atoms with Gasteiger partial charge >= 0.3 is 0 Å². The van der Waals surface area contributed by atoms with Gasteiger partial charge in [-0.2, -0.15) is 5.26 Å². The molecule has 0 atom stereocenters. The Labute approximate surface area is 77.4 Å². The minimum Gasteiger partial charge on any atom is -0.507 e. The molecule has 2 nitrogen and oxygen atoms in total. The standard InChI is InChI=1S/C11H9NO/c1-9-5-4-7-11(13)10(9)6-2-3-8-12/h4-5,7,13H,3H2,1H3. The summed E-state index contributed by atoms with van der Waals surface area (Å²) in [5.41, 5.74) is 1.53. The molecular formula is C11H9NO. The van der Waals surface area contributed by atoms with Gasteiger partial charge in [0.15, 0.2) is 0 Å². The first-order chi connectivity index (χ1) is 6.25. The number of hydrogen-bond donors (Lipinski definition) is 1. The molecule has 0 heterocycles. The molecule has 64 valence electrons. The first kappa shape index (κ1) is 9.16. The first-order valence-electron chi connectivity index (χ1n) is 3.90. The van der Waals surface area contributed by atoms with Crippen LogP contribution in [0.3, 0.4) is 0 Å². The second-order valence-electron chi connectivity index (χ2n) is 2.61. The lowest BCUT2D eigenvalue weighted by molar-refractivity contribution is 0.473. The van der Waals surface area contributed by atoms with E-state index in [1.165, 1.54) is 0 Å². The average Bonchev–Trinajstić information content (AvgIpc) is 2.10. The summed E-state index contributed by atoms with van der Waals surface area (Å²) >= 11 is 0. The number of phenolic OH excluding ortho intramolecular Hbond substituents is 1. The molecule has 0 bridgehead atoms. The van der Waals surface area contributed by atoms with Crippen molar-refractivity contribution in [2.45, 2.75) is 13.3 Å². The number of aryl methyl sites for hydroxylation is 1. The molecule has 13 heavy (non-hydrogen) atoms. The van der Waals surface area contributed by atoms with Crippen molar-refractivity contribution in [2.24, 2.45) is 0 Å². The minimum absolute atomic E-state index is 0.172. The van der Waals surface area contributed by atoms with Crippen molar-refractivity contribution in [2.75, 3.05) is 0 Å². The Morgan fingerprint density at radius 2 is 2.23 bits per heavy atom. The van der Waals surface area contributed by atoms with Gasteiger partial charge in [-0.05, 0) is 18.6 Å². The molecule has 2 heteroatoms. The minimum atomic E-state index is 0.172. The van der Waals surface area contributed by atoms with Gasteiger partial charge < -0.3 is 5.11 Å². The predicted molar refractivity (Wildman–Crippen MR) is 50.0 cm³/mol. The Morgan fingerprint density at radius 3 is 2.85 bits per heavy atom. The summed E-state index contributed by atoms with van der Waals surface area (Å²) in [6.07, 6.45) is 0.188. The zero-order valence-electron chi connectivity index (χ0n) is 7.33. The van der Waals surface area contributed by atoms with Crippen molar-refractivity contribution in [3.05, 3.63) is 29.3 Å². The molecule has 0 aromatic heterocycles. The first-order valence-corrected chi connectivity index (χ1v) is 3.90. The molecule has 0 spiro atoms. The molecule has 1 aromatic carbocycles. The van der Waals surface area contributed by atoms with E-state index in [-0.39, 0.29) is 12.2 Å². The van der Waals surface area contributed by atoms with Gasteiger partial charge in [-0.15, -0.1) is 0 Å². The van der Waals surface area contributed by atoms with Crippen molar-refractivity contribution in [1.29, 1.82) is 5.26 Å². The molecule has 1 rings (SSSR count). The lowest BCUT2D eigenvalue weighted by Gasteiger charge is -1.99. The van der Waals surface area contributed by atoms with E-state index >= 15 is 0 Å². The average molecular weight is 171 g/mol. The third-order valence-electron chi connectivity index (χ3n) is 1.63. The van der Waals surface area contributed by atoms with Gasteiger partial charge in [0, 0.05) is 0 Å². The van der Waals surface area contributed by atoms with Gasteiger partial charge in [0.2, 0.25) is 0 Å². The van der Waals surface area contributed by atoms with E-state index in [1.54, 1.807) is 12.1 Å². The molecule has 0 radical (unpaired) electrons. The molecule has 0 amide bonds. The molecule has 0 unspecified atom stereocenters. The highest BCUT2D eigenvalue weighted by Crippen LogP contribution is 2.18. The van der Waals surface area contributed by atoms with Crippen molar-refractivity contribution in [1.82, 2.24) is 0 Å². The maximum atomic E-state index is 9.41. The number of hydrogen-bond acceptors (Lipinski definition) is 2. The van der Waals surface area contributed by atoms with Crippen LogP contribution in [0.1, 0.15) is 17.5 Å². The Morgan fingerprint density at radius 1 is 1.46 bits per heavy atom. The van der Waals surface area contributed by atoms with E-state index in [0.717, 1.165) is 5.56 Å². The number of phenols is 1. The summed E-state index contributed by atoms with van der Waals surface area (Å²) in [5, 5.41) is 17.7. The van der Waals surface area contributed by atoms with Crippen LogP contribution in [0.15, 0.2) is 18.2 Å². The van der Waals surface area contributed by atoms with Crippen molar-refractivity contribution in [3.8, 4) is 23.7 Å². The highest BCUT2D eigenvalue weighted by Gasteiger charge is 1.98. The quantitative estimate of drug-likeness (QED) is 0.606. The van der Waals surface area contributed by atoms with Gasteiger partial charge in [-0.3, -0.25) is 0 Å². The molecule has 1 aromatic rings. The molecule has 0 saturated heterocycles. The second-order valence-corrected chi connectivity index (χ2v) is 2.61. The molecule has 0 saturated carbocycles. The van der Waals surface area contributed by atoms with Crippen molar-refractivity contribution < 1.29 is 5.11 Å². The van der Waals surface area contributed by atoms with Crippen LogP contribution in [-0.2, 0) is 0 Å². The van der Waals surface area contributed by atoms with Crippen molar-refractivity contribution in [3.63, 3.8) is 0 Å². The van der Waals surface area contributed by atoms with Gasteiger partial charge in [0.25, 0.3) is 0 Å². The maximum absolute atomic E-state index is 9.41. The summed E-state index contributed by atoms with van der Waals surface area (Å²) in [7, 11) is 0. The van der Waals surface area contributed by atoms with Crippen molar-refractivity contribution >= 4 is 0 Å². The Kier molecular flexibility index (Phi) is 2.95. The van der Waals surface area contributed by atoms with E-state index in [0.29, 0.717) is 5.56 Å². The summed E-state index contributed by atoms with van der Waals surface area (Å²) in [6, 6.07) is 7.14. The SMILES string of the molecule is Cc1cccc(O)c1C#CCC#N. The van der Waals surface area contributed by atoms with E-state index in [9.17, 15) is 5.11 Å². The van der Waals surface area contributed by atoms with E-state index in [1.807, 2.05) is 19.1 Å². The number of aromatic hydroxyl groups is 1. The monoisotopic (exact) mass is 171 g/mol. The fraction of sp³-hybridized carbons (Fsp3) is 0.182. The van der Waals surface area contributed by atoms with Gasteiger partial charge in [0.1, 0.15) is 5.75 Å².